The van der Waals surface area contributed by atoms with Crippen molar-refractivity contribution in [2.45, 2.75) is 31.6 Å². The fraction of sp³-hybridized carbons (Fsp3) is 0.778. The van der Waals surface area contributed by atoms with Gasteiger partial charge >= 0.3 is 0 Å². The lowest BCUT2D eigenvalue weighted by molar-refractivity contribution is -0.130. The highest BCUT2D eigenvalue weighted by atomic mass is 32.2. The van der Waals surface area contributed by atoms with Gasteiger partial charge in [0.05, 0.1) is 12.6 Å². The van der Waals surface area contributed by atoms with Gasteiger partial charge in [0.1, 0.15) is 0 Å². The Morgan fingerprint density at radius 2 is 2.43 bits per heavy atom. The second-order valence-electron chi connectivity index (χ2n) is 3.51. The van der Waals surface area contributed by atoms with Crippen molar-refractivity contribution in [2.75, 3.05) is 13.2 Å². The van der Waals surface area contributed by atoms with Gasteiger partial charge in [-0.2, -0.15) is 0 Å². The van der Waals surface area contributed by atoms with Crippen molar-refractivity contribution in [3.8, 4) is 0 Å². The predicted octanol–water partition coefficient (Wildman–Crippen LogP) is 0.248. The van der Waals surface area contributed by atoms with E-state index in [9.17, 15) is 9.59 Å². The summed E-state index contributed by atoms with van der Waals surface area (Å²) in [6.07, 6.45) is 0.411. The van der Waals surface area contributed by atoms with Gasteiger partial charge in [-0.05, 0) is 6.92 Å². The van der Waals surface area contributed by atoms with Crippen LogP contribution in [0.5, 0.6) is 0 Å². The zero-order valence-corrected chi connectivity index (χ0v) is 9.21. The summed E-state index contributed by atoms with van der Waals surface area (Å²) >= 11 is 1.21. The highest BCUT2D eigenvalue weighted by molar-refractivity contribution is 8.14. The number of likely N-dealkylation sites (tertiary alicyclic amines) is 1. The van der Waals surface area contributed by atoms with Gasteiger partial charge in [-0.15, -0.1) is 0 Å². The SMILES string of the molecule is CC(=O)SC1CC(=O)N([C@@H](C)CO)C1. The molecular formula is C9H15NO3S. The van der Waals surface area contributed by atoms with Crippen molar-refractivity contribution in [1.29, 1.82) is 0 Å². The lowest BCUT2D eigenvalue weighted by Crippen LogP contribution is -2.37. The molecule has 4 nitrogen and oxygen atoms in total. The van der Waals surface area contributed by atoms with Gasteiger partial charge < -0.3 is 10.0 Å². The molecule has 1 aliphatic heterocycles. The molecule has 1 rings (SSSR count). The molecular weight excluding hydrogens is 202 g/mol. The summed E-state index contributed by atoms with van der Waals surface area (Å²) in [5.41, 5.74) is 0. The summed E-state index contributed by atoms with van der Waals surface area (Å²) in [7, 11) is 0. The minimum absolute atomic E-state index is 0.0246. The van der Waals surface area contributed by atoms with E-state index >= 15 is 0 Å². The van der Waals surface area contributed by atoms with E-state index in [0.29, 0.717) is 13.0 Å². The lowest BCUT2D eigenvalue weighted by atomic mass is 10.3. The second-order valence-corrected chi connectivity index (χ2v) is 4.99. The van der Waals surface area contributed by atoms with E-state index in [0.717, 1.165) is 0 Å². The first-order valence-electron chi connectivity index (χ1n) is 4.62. The van der Waals surface area contributed by atoms with Gasteiger partial charge in [0.2, 0.25) is 5.91 Å². The number of hydrogen-bond acceptors (Lipinski definition) is 4. The van der Waals surface area contributed by atoms with E-state index in [4.69, 9.17) is 5.11 Å². The fourth-order valence-corrected chi connectivity index (χ4v) is 2.47. The maximum Gasteiger partial charge on any atom is 0.224 e. The Bertz CT molecular complexity index is 244. The molecule has 5 heteroatoms. The number of thioether (sulfide) groups is 1. The van der Waals surface area contributed by atoms with Gasteiger partial charge in [-0.3, -0.25) is 9.59 Å². The van der Waals surface area contributed by atoms with Gasteiger partial charge in [0, 0.05) is 25.1 Å². The molecule has 0 spiro atoms. The number of carbonyl (C=O) groups is 2. The average molecular weight is 217 g/mol. The van der Waals surface area contributed by atoms with Gasteiger partial charge in [-0.25, -0.2) is 0 Å². The Hall–Kier alpha value is -0.550. The number of aliphatic hydroxyl groups excluding tert-OH is 1. The van der Waals surface area contributed by atoms with E-state index in [1.165, 1.54) is 18.7 Å². The largest absolute Gasteiger partial charge is 0.394 e. The third-order valence-electron chi connectivity index (χ3n) is 2.25. The molecule has 0 aliphatic carbocycles. The minimum Gasteiger partial charge on any atom is -0.394 e. The van der Waals surface area contributed by atoms with E-state index in [1.807, 2.05) is 0 Å². The van der Waals surface area contributed by atoms with Crippen molar-refractivity contribution in [1.82, 2.24) is 4.90 Å². The Labute approximate surface area is 87.7 Å². The number of carbonyl (C=O) groups excluding carboxylic acids is 2. The van der Waals surface area contributed by atoms with Gasteiger partial charge in [0.15, 0.2) is 5.12 Å². The van der Waals surface area contributed by atoms with Crippen LogP contribution in [0.1, 0.15) is 20.3 Å². The van der Waals surface area contributed by atoms with Crippen LogP contribution in [-0.2, 0) is 9.59 Å². The fourth-order valence-electron chi connectivity index (χ4n) is 1.54. The quantitative estimate of drug-likeness (QED) is 0.736. The summed E-state index contributed by atoms with van der Waals surface area (Å²) in [4.78, 5) is 23.9. The summed E-state index contributed by atoms with van der Waals surface area (Å²) in [5, 5.41) is 9.02. The van der Waals surface area contributed by atoms with E-state index < -0.39 is 0 Å². The van der Waals surface area contributed by atoms with Crippen molar-refractivity contribution in [3.05, 3.63) is 0 Å². The number of nitrogens with zero attached hydrogens (tertiary/aromatic N) is 1. The summed E-state index contributed by atoms with van der Waals surface area (Å²) in [6, 6.07) is -0.139. The molecule has 1 saturated heterocycles. The molecule has 0 aromatic carbocycles. The molecule has 0 bridgehead atoms. The third-order valence-corrected chi connectivity index (χ3v) is 3.23. The maximum absolute atomic E-state index is 11.5. The standard InChI is InChI=1S/C9H15NO3S/c1-6(5-11)10-4-8(3-9(10)13)14-7(2)12/h6,8,11H,3-5H2,1-2H3/t6-,8?/m0/s1. The molecule has 1 N–H and O–H groups in total. The molecule has 1 amide bonds. The normalized spacial score (nSPS) is 24.1. The van der Waals surface area contributed by atoms with Crippen LogP contribution in [0.4, 0.5) is 0 Å². The first-order valence-corrected chi connectivity index (χ1v) is 5.50. The van der Waals surface area contributed by atoms with Crippen LogP contribution >= 0.6 is 11.8 Å². The molecule has 2 atom stereocenters. The van der Waals surface area contributed by atoms with Crippen LogP contribution in [0.3, 0.4) is 0 Å². The van der Waals surface area contributed by atoms with E-state index in [1.54, 1.807) is 11.8 Å². The Morgan fingerprint density at radius 1 is 1.79 bits per heavy atom. The molecule has 1 fully saturated rings. The Kier molecular flexibility index (Phi) is 3.95. The lowest BCUT2D eigenvalue weighted by Gasteiger charge is -2.22. The topological polar surface area (TPSA) is 57.6 Å². The zero-order chi connectivity index (χ0) is 10.7. The van der Waals surface area contributed by atoms with E-state index in [2.05, 4.69) is 0 Å². The summed E-state index contributed by atoms with van der Waals surface area (Å²) in [6.45, 7) is 3.86. The van der Waals surface area contributed by atoms with Crippen molar-refractivity contribution < 1.29 is 14.7 Å². The van der Waals surface area contributed by atoms with Gasteiger partial charge in [-0.1, -0.05) is 11.8 Å². The third kappa shape index (κ3) is 2.72. The number of amides is 1. The summed E-state index contributed by atoms with van der Waals surface area (Å²) < 4.78 is 0. The smallest absolute Gasteiger partial charge is 0.224 e. The van der Waals surface area contributed by atoms with Crippen LogP contribution < -0.4 is 0 Å². The molecule has 1 aliphatic rings. The maximum atomic E-state index is 11.5. The first-order chi connectivity index (χ1) is 6.54. The average Bonchev–Trinajstić information content (AvgIpc) is 2.44. The highest BCUT2D eigenvalue weighted by Gasteiger charge is 2.33. The van der Waals surface area contributed by atoms with Crippen LogP contribution in [0.15, 0.2) is 0 Å². The first kappa shape index (κ1) is 11.5. The molecule has 0 saturated carbocycles. The van der Waals surface area contributed by atoms with Crippen molar-refractivity contribution >= 4 is 22.8 Å². The molecule has 0 radical (unpaired) electrons. The monoisotopic (exact) mass is 217 g/mol. The summed E-state index contributed by atoms with van der Waals surface area (Å²) in [5.74, 6) is 0.0327. The van der Waals surface area contributed by atoms with Crippen LogP contribution in [0, 0.1) is 0 Å². The minimum atomic E-state index is -0.139. The second kappa shape index (κ2) is 4.79. The van der Waals surface area contributed by atoms with Crippen molar-refractivity contribution in [3.63, 3.8) is 0 Å². The molecule has 0 aromatic rings. The number of aliphatic hydroxyl groups is 1. The van der Waals surface area contributed by atoms with Gasteiger partial charge in [0.25, 0.3) is 0 Å². The van der Waals surface area contributed by atoms with Crippen LogP contribution in [0.25, 0.3) is 0 Å². The van der Waals surface area contributed by atoms with E-state index in [-0.39, 0.29) is 28.9 Å². The molecule has 0 aromatic heterocycles. The molecule has 1 unspecified atom stereocenters. The molecule has 1 heterocycles. The predicted molar refractivity (Wildman–Crippen MR) is 54.9 cm³/mol. The van der Waals surface area contributed by atoms with Crippen LogP contribution in [-0.4, -0.2) is 45.5 Å². The number of rotatable bonds is 3. The highest BCUT2D eigenvalue weighted by Crippen LogP contribution is 2.25. The Morgan fingerprint density at radius 3 is 2.93 bits per heavy atom. The zero-order valence-electron chi connectivity index (χ0n) is 8.40. The number of hydrogen-bond donors (Lipinski definition) is 1. The van der Waals surface area contributed by atoms with Crippen LogP contribution in [0.2, 0.25) is 0 Å². The molecule has 80 valence electrons. The van der Waals surface area contributed by atoms with Crippen molar-refractivity contribution in [2.24, 2.45) is 0 Å². The Balaban J connectivity index is 2.51. The molecule has 14 heavy (non-hydrogen) atoms.